The standard InChI is InChI=1S/C31H32F2N8O2/c1-31(2,43)26-11-6-18(15-34-26)16-35-30(42)25-17-41(40-38-25)12-4-3-5-21-14-23-27(22-10-9-20(32)13-24(22)33)28(19-7-8-19)36-29(23)39-37-21/h6,9-11,13-15,17,19,43H,3-5,7-8,12,16H2,1-2H3,(H,35,42)(H,36,39). The van der Waals surface area contributed by atoms with Crippen molar-refractivity contribution in [3.63, 3.8) is 0 Å². The number of amides is 1. The van der Waals surface area contributed by atoms with Crippen molar-refractivity contribution in [2.75, 3.05) is 0 Å². The number of hydrogen-bond acceptors (Lipinski definition) is 7. The quantitative estimate of drug-likeness (QED) is 0.187. The van der Waals surface area contributed by atoms with Crippen molar-refractivity contribution in [1.82, 2.24) is 40.5 Å². The van der Waals surface area contributed by atoms with Crippen molar-refractivity contribution in [3.8, 4) is 11.1 Å². The van der Waals surface area contributed by atoms with Gasteiger partial charge < -0.3 is 15.4 Å². The number of pyridine rings is 1. The maximum atomic E-state index is 14.8. The first-order valence-electron chi connectivity index (χ1n) is 14.4. The summed E-state index contributed by atoms with van der Waals surface area (Å²) in [5, 5.41) is 30.4. The Morgan fingerprint density at radius 2 is 1.95 bits per heavy atom. The number of aromatic amines is 1. The second-order valence-corrected chi connectivity index (χ2v) is 11.5. The van der Waals surface area contributed by atoms with Crippen LogP contribution in [0.25, 0.3) is 22.2 Å². The van der Waals surface area contributed by atoms with Crippen molar-refractivity contribution in [1.29, 1.82) is 0 Å². The molecule has 0 spiro atoms. The molecule has 1 amide bonds. The van der Waals surface area contributed by atoms with Gasteiger partial charge in [0.05, 0.1) is 17.6 Å². The highest BCUT2D eigenvalue weighted by Gasteiger charge is 2.31. The van der Waals surface area contributed by atoms with Crippen LogP contribution in [0.3, 0.4) is 0 Å². The summed E-state index contributed by atoms with van der Waals surface area (Å²) in [5.41, 5.74) is 3.95. The molecule has 10 nitrogen and oxygen atoms in total. The highest BCUT2D eigenvalue weighted by molar-refractivity contribution is 5.96. The predicted octanol–water partition coefficient (Wildman–Crippen LogP) is 4.95. The molecule has 1 aromatic carbocycles. The van der Waals surface area contributed by atoms with E-state index in [9.17, 15) is 18.7 Å². The number of aliphatic hydroxyl groups is 1. The molecule has 0 aliphatic heterocycles. The van der Waals surface area contributed by atoms with Gasteiger partial charge in [0.2, 0.25) is 0 Å². The predicted molar refractivity (Wildman–Crippen MR) is 155 cm³/mol. The van der Waals surface area contributed by atoms with Crippen molar-refractivity contribution in [2.45, 2.75) is 70.6 Å². The monoisotopic (exact) mass is 586 g/mol. The summed E-state index contributed by atoms with van der Waals surface area (Å²) in [6, 6.07) is 9.15. The van der Waals surface area contributed by atoms with E-state index in [-0.39, 0.29) is 18.1 Å². The molecule has 3 N–H and O–H groups in total. The molecule has 0 saturated heterocycles. The SMILES string of the molecule is CC(C)(O)c1ccc(CNC(=O)c2cn(CCCCc3cc4c(-c5ccc(F)cc5F)c(C5CC5)[nH]c4nn3)nn2)cn1. The zero-order valence-electron chi connectivity index (χ0n) is 23.9. The number of benzene rings is 1. The van der Waals surface area contributed by atoms with E-state index in [0.717, 1.165) is 59.7 Å². The average molecular weight is 587 g/mol. The van der Waals surface area contributed by atoms with Gasteiger partial charge >= 0.3 is 0 Å². The molecule has 1 aliphatic carbocycles. The van der Waals surface area contributed by atoms with Gasteiger partial charge in [0.1, 0.15) is 17.2 Å². The lowest BCUT2D eigenvalue weighted by Crippen LogP contribution is -2.23. The van der Waals surface area contributed by atoms with Crippen LogP contribution in [0.4, 0.5) is 8.78 Å². The Balaban J connectivity index is 1.04. The fraction of sp³-hybridized carbons (Fsp3) is 0.355. The molecule has 5 aromatic rings. The van der Waals surface area contributed by atoms with Gasteiger partial charge in [-0.05, 0) is 81.7 Å². The summed E-state index contributed by atoms with van der Waals surface area (Å²) in [5.74, 6) is -1.23. The lowest BCUT2D eigenvalue weighted by Gasteiger charge is -2.16. The van der Waals surface area contributed by atoms with E-state index in [1.54, 1.807) is 37.0 Å². The molecular formula is C31H32F2N8O2. The number of rotatable bonds is 11. The van der Waals surface area contributed by atoms with Gasteiger partial charge in [-0.25, -0.2) is 8.78 Å². The lowest BCUT2D eigenvalue weighted by molar-refractivity contribution is 0.0737. The number of aromatic nitrogens is 7. The molecule has 4 heterocycles. The lowest BCUT2D eigenvalue weighted by atomic mass is 9.99. The van der Waals surface area contributed by atoms with Gasteiger partial charge in [-0.3, -0.25) is 14.5 Å². The van der Waals surface area contributed by atoms with Crippen LogP contribution in [0.2, 0.25) is 0 Å². The fourth-order valence-electron chi connectivity index (χ4n) is 5.09. The second kappa shape index (κ2) is 11.6. The van der Waals surface area contributed by atoms with Crippen LogP contribution in [0.15, 0.2) is 48.8 Å². The maximum Gasteiger partial charge on any atom is 0.273 e. The molecule has 1 aliphatic rings. The molecule has 0 bridgehead atoms. The van der Waals surface area contributed by atoms with E-state index in [0.29, 0.717) is 35.8 Å². The van der Waals surface area contributed by atoms with Gasteiger partial charge in [0.25, 0.3) is 5.91 Å². The zero-order chi connectivity index (χ0) is 30.1. The number of H-pyrrole nitrogens is 1. The number of aryl methyl sites for hydroxylation is 2. The summed E-state index contributed by atoms with van der Waals surface area (Å²) in [7, 11) is 0. The number of unbranched alkanes of at least 4 members (excludes halogenated alkanes) is 1. The van der Waals surface area contributed by atoms with Gasteiger partial charge in [-0.2, -0.15) is 5.10 Å². The first kappa shape index (κ1) is 28.5. The number of carbonyl (C=O) groups excluding carboxylic acids is 1. The van der Waals surface area contributed by atoms with Crippen LogP contribution >= 0.6 is 0 Å². The molecule has 4 aromatic heterocycles. The van der Waals surface area contributed by atoms with E-state index in [2.05, 4.69) is 35.8 Å². The maximum absolute atomic E-state index is 14.8. The third-order valence-electron chi connectivity index (χ3n) is 7.57. The Hall–Kier alpha value is -4.58. The van der Waals surface area contributed by atoms with E-state index >= 15 is 0 Å². The van der Waals surface area contributed by atoms with Crippen molar-refractivity contribution in [3.05, 3.63) is 88.8 Å². The number of halogens is 2. The van der Waals surface area contributed by atoms with E-state index in [1.807, 2.05) is 12.1 Å². The second-order valence-electron chi connectivity index (χ2n) is 11.5. The summed E-state index contributed by atoms with van der Waals surface area (Å²) in [4.78, 5) is 20.1. The van der Waals surface area contributed by atoms with Crippen LogP contribution in [0.1, 0.15) is 78.6 Å². The third-order valence-corrected chi connectivity index (χ3v) is 7.57. The highest BCUT2D eigenvalue weighted by Crippen LogP contribution is 2.47. The third kappa shape index (κ3) is 6.43. The molecule has 0 unspecified atom stereocenters. The molecule has 43 heavy (non-hydrogen) atoms. The van der Waals surface area contributed by atoms with Gasteiger partial charge in [-0.15, -0.1) is 10.2 Å². The Labute approximate surface area is 246 Å². The average Bonchev–Trinajstić information content (AvgIpc) is 3.60. The normalized spacial score (nSPS) is 13.5. The summed E-state index contributed by atoms with van der Waals surface area (Å²) >= 11 is 0. The molecule has 1 fully saturated rings. The topological polar surface area (TPSA) is 134 Å². The summed E-state index contributed by atoms with van der Waals surface area (Å²) < 4.78 is 30.0. The van der Waals surface area contributed by atoms with E-state index in [1.165, 1.54) is 12.1 Å². The Kier molecular flexibility index (Phi) is 7.70. The number of nitrogens with one attached hydrogen (secondary N) is 2. The van der Waals surface area contributed by atoms with Crippen LogP contribution in [-0.2, 0) is 25.1 Å². The minimum Gasteiger partial charge on any atom is -0.384 e. The van der Waals surface area contributed by atoms with Gasteiger partial charge in [0.15, 0.2) is 11.3 Å². The summed E-state index contributed by atoms with van der Waals surface area (Å²) in [6.07, 6.45) is 7.48. The zero-order valence-corrected chi connectivity index (χ0v) is 23.9. The highest BCUT2D eigenvalue weighted by atomic mass is 19.1. The van der Waals surface area contributed by atoms with Crippen molar-refractivity contribution < 1.29 is 18.7 Å². The fourth-order valence-corrected chi connectivity index (χ4v) is 5.09. The van der Waals surface area contributed by atoms with Gasteiger partial charge in [-0.1, -0.05) is 11.3 Å². The largest absolute Gasteiger partial charge is 0.384 e. The number of carbonyl (C=O) groups is 1. The Morgan fingerprint density at radius 3 is 2.67 bits per heavy atom. The van der Waals surface area contributed by atoms with Crippen LogP contribution in [0, 0.1) is 11.6 Å². The van der Waals surface area contributed by atoms with E-state index < -0.39 is 17.2 Å². The molecule has 1 saturated carbocycles. The summed E-state index contributed by atoms with van der Waals surface area (Å²) in [6.45, 7) is 4.17. The minimum absolute atomic E-state index is 0.219. The minimum atomic E-state index is -1.03. The van der Waals surface area contributed by atoms with Crippen LogP contribution in [-0.4, -0.2) is 46.2 Å². The Bertz CT molecular complexity index is 1770. The van der Waals surface area contributed by atoms with Crippen LogP contribution < -0.4 is 5.32 Å². The molecule has 6 rings (SSSR count). The number of hydrogen-bond donors (Lipinski definition) is 3. The van der Waals surface area contributed by atoms with Gasteiger partial charge in [0, 0.05) is 47.6 Å². The molecule has 0 atom stereocenters. The van der Waals surface area contributed by atoms with Crippen molar-refractivity contribution in [2.24, 2.45) is 0 Å². The number of nitrogens with zero attached hydrogens (tertiary/aromatic N) is 6. The van der Waals surface area contributed by atoms with E-state index in [4.69, 9.17) is 0 Å². The van der Waals surface area contributed by atoms with Crippen molar-refractivity contribution >= 4 is 16.9 Å². The molecular weight excluding hydrogens is 554 g/mol. The smallest absolute Gasteiger partial charge is 0.273 e. The molecule has 222 valence electrons. The first-order valence-corrected chi connectivity index (χ1v) is 14.4. The molecule has 0 radical (unpaired) electrons. The Morgan fingerprint density at radius 1 is 1.12 bits per heavy atom. The number of fused-ring (bicyclic) bond motifs is 1. The van der Waals surface area contributed by atoms with Crippen LogP contribution in [0.5, 0.6) is 0 Å². The molecule has 12 heteroatoms. The first-order chi connectivity index (χ1) is 20.7.